The Morgan fingerprint density at radius 1 is 1.18 bits per heavy atom. The number of nitrogens with zero attached hydrogens (tertiary/aromatic N) is 1. The molecule has 6 heteroatoms. The maximum atomic E-state index is 12.3. The molecule has 1 fully saturated rings. The first kappa shape index (κ1) is 15.7. The molecule has 0 spiro atoms. The normalized spacial score (nSPS) is 21.2. The number of rotatable bonds is 3. The van der Waals surface area contributed by atoms with Crippen LogP contribution in [0.5, 0.6) is 0 Å². The Labute approximate surface area is 142 Å². The molecule has 1 aromatic rings. The molecule has 1 aromatic carbocycles. The van der Waals surface area contributed by atoms with E-state index < -0.39 is 13.4 Å². The summed E-state index contributed by atoms with van der Waals surface area (Å²) in [6.07, 6.45) is 0.111. The van der Waals surface area contributed by atoms with Crippen LogP contribution in [0.15, 0.2) is 30.3 Å². The Morgan fingerprint density at radius 3 is 2.41 bits per heavy atom. The monoisotopic (exact) mass is 267 g/mol. The molecule has 1 saturated heterocycles. The van der Waals surface area contributed by atoms with Gasteiger partial charge >= 0.3 is 58.4 Å². The van der Waals surface area contributed by atoms with Gasteiger partial charge in [0.2, 0.25) is 0 Å². The molecule has 17 heavy (non-hydrogen) atoms. The largest absolute Gasteiger partial charge is 1.00 e. The van der Waals surface area contributed by atoms with Crippen molar-refractivity contribution >= 4 is 6.98 Å². The van der Waals surface area contributed by atoms with Crippen LogP contribution in [0.25, 0.3) is 0 Å². The molecule has 1 nitrogen and oxygen atoms in total. The summed E-state index contributed by atoms with van der Waals surface area (Å²) >= 11 is 0. The summed E-state index contributed by atoms with van der Waals surface area (Å²) < 4.78 is 36.8. The van der Waals surface area contributed by atoms with Crippen LogP contribution in [0.2, 0.25) is 0 Å². The van der Waals surface area contributed by atoms with Crippen molar-refractivity contribution < 1.29 is 64.3 Å². The van der Waals surface area contributed by atoms with E-state index >= 15 is 0 Å². The van der Waals surface area contributed by atoms with Crippen molar-refractivity contribution in [2.75, 3.05) is 19.5 Å². The van der Waals surface area contributed by atoms with E-state index in [1.165, 1.54) is 4.90 Å². The van der Waals surface area contributed by atoms with Gasteiger partial charge in [-0.05, 0) is 30.9 Å². The second-order valence-electron chi connectivity index (χ2n) is 4.37. The molecule has 0 radical (unpaired) electrons. The van der Waals surface area contributed by atoms with Gasteiger partial charge in [-0.3, -0.25) is 0 Å². The molecule has 1 heterocycles. The van der Waals surface area contributed by atoms with Crippen molar-refractivity contribution in [3.05, 3.63) is 35.9 Å². The summed E-state index contributed by atoms with van der Waals surface area (Å²) in [5.41, 5.74) is 1.15. The molecule has 1 unspecified atom stereocenters. The molecule has 0 bridgehead atoms. The van der Waals surface area contributed by atoms with Gasteiger partial charge in [0.25, 0.3) is 0 Å². The van der Waals surface area contributed by atoms with Crippen molar-refractivity contribution in [1.82, 2.24) is 4.90 Å². The third-order valence-corrected chi connectivity index (χ3v) is 3.01. The maximum absolute atomic E-state index is 12.3. The second-order valence-corrected chi connectivity index (χ2v) is 4.37. The quantitative estimate of drug-likeness (QED) is 0.689. The topological polar surface area (TPSA) is 3.24 Å². The van der Waals surface area contributed by atoms with Crippen molar-refractivity contribution in [2.45, 2.75) is 12.3 Å². The zero-order valence-corrected chi connectivity index (χ0v) is 13.1. The van der Waals surface area contributed by atoms with Crippen molar-refractivity contribution in [2.24, 2.45) is 0 Å². The van der Waals surface area contributed by atoms with Gasteiger partial charge in [-0.1, -0.05) is 30.3 Å². The maximum Gasteiger partial charge on any atom is 1.00 e. The fourth-order valence-corrected chi connectivity index (χ4v) is 2.29. The molecule has 0 saturated carbocycles. The fraction of sp³-hybridized carbons (Fsp3) is 0.455. The zero-order chi connectivity index (χ0) is 11.6. The van der Waals surface area contributed by atoms with Crippen LogP contribution in [0, 0.1) is 0 Å². The van der Waals surface area contributed by atoms with Crippen LogP contribution in [-0.4, -0.2) is 31.4 Å². The average molecular weight is 267 g/mol. The third-order valence-electron chi connectivity index (χ3n) is 3.01. The van der Waals surface area contributed by atoms with E-state index in [4.69, 9.17) is 0 Å². The van der Waals surface area contributed by atoms with Crippen LogP contribution < -0.4 is 51.4 Å². The van der Waals surface area contributed by atoms with Crippen LogP contribution in [0.4, 0.5) is 12.9 Å². The number of likely N-dealkylation sites (tertiary alicyclic amines) is 1. The summed E-state index contributed by atoms with van der Waals surface area (Å²) in [6, 6.07) is 9.78. The molecular weight excluding hydrogens is 253 g/mol. The number of halogens is 3. The minimum Gasteiger partial charge on any atom is -0.448 e. The molecule has 2 rings (SSSR count). The minimum absolute atomic E-state index is 0. The first-order valence-corrected chi connectivity index (χ1v) is 5.53. The van der Waals surface area contributed by atoms with Gasteiger partial charge in [0.15, 0.2) is 0 Å². The Kier molecular flexibility index (Phi) is 6.22. The van der Waals surface area contributed by atoms with E-state index in [-0.39, 0.29) is 57.3 Å². The van der Waals surface area contributed by atoms with Gasteiger partial charge in [0.1, 0.15) is 0 Å². The van der Waals surface area contributed by atoms with Gasteiger partial charge in [-0.25, -0.2) is 0 Å². The smallest absolute Gasteiger partial charge is 0.448 e. The Morgan fingerprint density at radius 2 is 1.82 bits per heavy atom. The Bertz CT molecular complexity index is 344. The second kappa shape index (κ2) is 6.73. The summed E-state index contributed by atoms with van der Waals surface area (Å²) in [5, 5.41) is 0. The zero-order valence-electron chi connectivity index (χ0n) is 9.95. The van der Waals surface area contributed by atoms with Crippen LogP contribution >= 0.6 is 0 Å². The SMILES string of the molecule is F[B-](F)(F)CN1CCC(c2ccccc2)C1.[K+]. The van der Waals surface area contributed by atoms with Gasteiger partial charge < -0.3 is 17.8 Å². The first-order valence-electron chi connectivity index (χ1n) is 5.53. The van der Waals surface area contributed by atoms with Crippen molar-refractivity contribution in [3.8, 4) is 0 Å². The molecule has 1 atom stereocenters. The van der Waals surface area contributed by atoms with Crippen LogP contribution in [-0.2, 0) is 0 Å². The van der Waals surface area contributed by atoms with Crippen molar-refractivity contribution in [3.63, 3.8) is 0 Å². The summed E-state index contributed by atoms with van der Waals surface area (Å²) in [4.78, 5) is 1.51. The molecule has 0 aromatic heterocycles. The van der Waals surface area contributed by atoms with Gasteiger partial charge in [0.05, 0.1) is 0 Å². The van der Waals surface area contributed by atoms with Gasteiger partial charge in [-0.15, -0.1) is 0 Å². The molecule has 1 aliphatic rings. The molecule has 0 aliphatic carbocycles. The summed E-state index contributed by atoms with van der Waals surface area (Å²) in [7, 11) is 0. The van der Waals surface area contributed by atoms with Crippen LogP contribution in [0.3, 0.4) is 0 Å². The van der Waals surface area contributed by atoms with Gasteiger partial charge in [-0.2, -0.15) is 0 Å². The Balaban J connectivity index is 0.00000144. The first-order chi connectivity index (χ1) is 7.54. The van der Waals surface area contributed by atoms with E-state index in [0.29, 0.717) is 13.1 Å². The minimum atomic E-state index is -4.68. The van der Waals surface area contributed by atoms with E-state index in [1.54, 1.807) is 0 Å². The molecule has 88 valence electrons. The van der Waals surface area contributed by atoms with Gasteiger partial charge in [0, 0.05) is 6.54 Å². The van der Waals surface area contributed by atoms with E-state index in [2.05, 4.69) is 0 Å². The fourth-order valence-electron chi connectivity index (χ4n) is 2.29. The third kappa shape index (κ3) is 5.04. The van der Waals surface area contributed by atoms with Crippen molar-refractivity contribution in [1.29, 1.82) is 0 Å². The van der Waals surface area contributed by atoms with E-state index in [9.17, 15) is 12.9 Å². The molecular formula is C11H14BF3KN. The van der Waals surface area contributed by atoms with E-state index in [1.807, 2.05) is 30.3 Å². The summed E-state index contributed by atoms with van der Waals surface area (Å²) in [6.45, 7) is -3.60. The standard InChI is InChI=1S/C11H14BF3N.K/c13-12(14,15)9-16-7-6-11(8-16)10-4-2-1-3-5-10;/h1-5,11H,6-9H2;/q-1;+1. The number of benzene rings is 1. The molecule has 0 amide bonds. The predicted octanol–water partition coefficient (Wildman–Crippen LogP) is -0.134. The molecule has 0 N–H and O–H groups in total. The van der Waals surface area contributed by atoms with Crippen LogP contribution in [0.1, 0.15) is 17.9 Å². The Hall–Kier alpha value is 0.671. The predicted molar refractivity (Wildman–Crippen MR) is 59.3 cm³/mol. The molecule has 1 aliphatic heterocycles. The number of hydrogen-bond acceptors (Lipinski definition) is 1. The summed E-state index contributed by atoms with van der Waals surface area (Å²) in [5.74, 6) is 0.263. The average Bonchev–Trinajstić information content (AvgIpc) is 2.65. The number of hydrogen-bond donors (Lipinski definition) is 0. The van der Waals surface area contributed by atoms with E-state index in [0.717, 1.165) is 12.0 Å².